The van der Waals surface area contributed by atoms with Crippen LogP contribution in [-0.2, 0) is 9.53 Å². The number of nitrogens with one attached hydrogen (secondary N) is 1. The summed E-state index contributed by atoms with van der Waals surface area (Å²) in [5, 5.41) is 3.38. The number of nitrogens with zero attached hydrogens (tertiary/aromatic N) is 2. The van der Waals surface area contributed by atoms with Gasteiger partial charge in [0.25, 0.3) is 0 Å². The minimum Gasteiger partial charge on any atom is -0.465 e. The fourth-order valence-corrected chi connectivity index (χ4v) is 2.17. The second kappa shape index (κ2) is 6.33. The Bertz CT molecular complexity index is 258. The maximum atomic E-state index is 12.1. The highest BCUT2D eigenvalue weighted by Gasteiger charge is 2.44. The second-order valence-corrected chi connectivity index (χ2v) is 5.02. The molecule has 0 aromatic rings. The van der Waals surface area contributed by atoms with Gasteiger partial charge in [0.15, 0.2) is 0 Å². The van der Waals surface area contributed by atoms with E-state index in [4.69, 9.17) is 4.74 Å². The average Bonchev–Trinajstić information content (AvgIpc) is 2.61. The van der Waals surface area contributed by atoms with Gasteiger partial charge in [0, 0.05) is 26.2 Å². The van der Waals surface area contributed by atoms with E-state index in [-0.39, 0.29) is 5.97 Å². The van der Waals surface area contributed by atoms with Crippen molar-refractivity contribution in [3.63, 3.8) is 0 Å². The van der Waals surface area contributed by atoms with Crippen LogP contribution in [0.15, 0.2) is 0 Å². The van der Waals surface area contributed by atoms with Gasteiger partial charge in [-0.3, -0.25) is 5.32 Å². The van der Waals surface area contributed by atoms with E-state index in [1.165, 1.54) is 0 Å². The third kappa shape index (κ3) is 3.94. The predicted molar refractivity (Wildman–Crippen MR) is 68.0 cm³/mol. The Hall–Kier alpha value is -0.650. The molecule has 1 aliphatic rings. The summed E-state index contributed by atoms with van der Waals surface area (Å²) >= 11 is 0. The van der Waals surface area contributed by atoms with E-state index in [9.17, 15) is 4.79 Å². The molecule has 1 rings (SSSR count). The zero-order valence-electron chi connectivity index (χ0n) is 11.5. The Morgan fingerprint density at radius 3 is 2.71 bits per heavy atom. The highest BCUT2D eigenvalue weighted by atomic mass is 16.5. The zero-order valence-corrected chi connectivity index (χ0v) is 11.5. The van der Waals surface area contributed by atoms with E-state index >= 15 is 0 Å². The number of likely N-dealkylation sites (tertiary alicyclic amines) is 1. The first-order valence-corrected chi connectivity index (χ1v) is 6.26. The molecule has 1 fully saturated rings. The summed E-state index contributed by atoms with van der Waals surface area (Å²) in [4.78, 5) is 16.3. The molecule has 1 aliphatic heterocycles. The lowest BCUT2D eigenvalue weighted by atomic mass is 9.99. The summed E-state index contributed by atoms with van der Waals surface area (Å²) in [6.07, 6.45) is 0.829. The molecule has 0 aromatic heterocycles. The summed E-state index contributed by atoms with van der Waals surface area (Å²) in [5.41, 5.74) is -0.499. The van der Waals surface area contributed by atoms with Crippen molar-refractivity contribution >= 4 is 5.97 Å². The molecular formula is C12H25N3O2. The lowest BCUT2D eigenvalue weighted by molar-refractivity contribution is -0.150. The molecule has 1 atom stereocenters. The minimum atomic E-state index is -0.499. The zero-order chi connectivity index (χ0) is 12.9. The summed E-state index contributed by atoms with van der Waals surface area (Å²) in [6.45, 7) is 5.70. The maximum Gasteiger partial charge on any atom is 0.327 e. The standard InChI is InChI=1S/C12H25N3O2/c1-5-17-11(16)12(6-8-15(4)10-12)13-7-9-14(2)3/h13H,5-10H2,1-4H3. The van der Waals surface area contributed by atoms with Crippen molar-refractivity contribution in [3.05, 3.63) is 0 Å². The van der Waals surface area contributed by atoms with Crippen LogP contribution in [0.2, 0.25) is 0 Å². The highest BCUT2D eigenvalue weighted by Crippen LogP contribution is 2.21. The fourth-order valence-electron chi connectivity index (χ4n) is 2.17. The Balaban J connectivity index is 2.57. The Labute approximate surface area is 104 Å². The lowest BCUT2D eigenvalue weighted by Crippen LogP contribution is -2.56. The van der Waals surface area contributed by atoms with Crippen molar-refractivity contribution in [2.24, 2.45) is 0 Å². The molecule has 17 heavy (non-hydrogen) atoms. The van der Waals surface area contributed by atoms with Gasteiger partial charge in [0.1, 0.15) is 5.54 Å². The molecule has 5 heteroatoms. The molecule has 5 nitrogen and oxygen atoms in total. The molecule has 0 spiro atoms. The van der Waals surface area contributed by atoms with Crippen LogP contribution in [0.4, 0.5) is 0 Å². The Morgan fingerprint density at radius 2 is 2.24 bits per heavy atom. The van der Waals surface area contributed by atoms with Crippen LogP contribution in [0, 0.1) is 0 Å². The van der Waals surface area contributed by atoms with Crippen molar-refractivity contribution in [2.75, 3.05) is 53.9 Å². The number of carbonyl (C=O) groups excluding carboxylic acids is 1. The SMILES string of the molecule is CCOC(=O)C1(NCCN(C)C)CCN(C)C1. The molecule has 0 radical (unpaired) electrons. The first kappa shape index (κ1) is 14.4. The van der Waals surface area contributed by atoms with Gasteiger partial charge in [-0.1, -0.05) is 0 Å². The number of hydrogen-bond acceptors (Lipinski definition) is 5. The Kier molecular flexibility index (Phi) is 5.36. The van der Waals surface area contributed by atoms with Crippen molar-refractivity contribution in [2.45, 2.75) is 18.9 Å². The normalized spacial score (nSPS) is 25.5. The summed E-state index contributed by atoms with van der Waals surface area (Å²) in [7, 11) is 6.09. The number of rotatable bonds is 6. The molecule has 0 bridgehead atoms. The molecule has 0 saturated carbocycles. The molecule has 1 unspecified atom stereocenters. The van der Waals surface area contributed by atoms with Crippen LogP contribution >= 0.6 is 0 Å². The van der Waals surface area contributed by atoms with Gasteiger partial charge in [-0.25, -0.2) is 4.79 Å². The number of esters is 1. The quantitative estimate of drug-likeness (QED) is 0.653. The van der Waals surface area contributed by atoms with Crippen LogP contribution in [0.1, 0.15) is 13.3 Å². The largest absolute Gasteiger partial charge is 0.465 e. The van der Waals surface area contributed by atoms with Crippen molar-refractivity contribution in [1.82, 2.24) is 15.1 Å². The number of ether oxygens (including phenoxy) is 1. The molecule has 1 saturated heterocycles. The summed E-state index contributed by atoms with van der Waals surface area (Å²) < 4.78 is 5.19. The van der Waals surface area contributed by atoms with Crippen LogP contribution in [0.3, 0.4) is 0 Å². The van der Waals surface area contributed by atoms with Gasteiger partial charge in [-0.15, -0.1) is 0 Å². The van der Waals surface area contributed by atoms with Gasteiger partial charge < -0.3 is 14.5 Å². The third-order valence-corrected chi connectivity index (χ3v) is 3.15. The van der Waals surface area contributed by atoms with Crippen LogP contribution in [0.5, 0.6) is 0 Å². The van der Waals surface area contributed by atoms with Gasteiger partial charge in [0.2, 0.25) is 0 Å². The van der Waals surface area contributed by atoms with E-state index in [0.29, 0.717) is 6.61 Å². The van der Waals surface area contributed by atoms with E-state index < -0.39 is 5.54 Å². The van der Waals surface area contributed by atoms with Crippen LogP contribution in [-0.4, -0.2) is 75.2 Å². The molecule has 0 aliphatic carbocycles. The molecule has 0 aromatic carbocycles. The highest BCUT2D eigenvalue weighted by molar-refractivity contribution is 5.81. The lowest BCUT2D eigenvalue weighted by Gasteiger charge is -2.28. The number of likely N-dealkylation sites (N-methyl/N-ethyl adjacent to an activating group) is 2. The van der Waals surface area contributed by atoms with Crippen LogP contribution in [0.25, 0.3) is 0 Å². The summed E-state index contributed by atoms with van der Waals surface area (Å²) in [5.74, 6) is -0.108. The van der Waals surface area contributed by atoms with E-state index in [1.54, 1.807) is 0 Å². The summed E-state index contributed by atoms with van der Waals surface area (Å²) in [6, 6.07) is 0. The molecule has 100 valence electrons. The predicted octanol–water partition coefficient (Wildman–Crippen LogP) is -0.225. The van der Waals surface area contributed by atoms with Gasteiger partial charge in [-0.05, 0) is 34.5 Å². The first-order valence-electron chi connectivity index (χ1n) is 6.26. The molecule has 0 amide bonds. The van der Waals surface area contributed by atoms with Gasteiger partial charge in [0.05, 0.1) is 6.61 Å². The van der Waals surface area contributed by atoms with E-state index in [1.807, 2.05) is 28.1 Å². The van der Waals surface area contributed by atoms with E-state index in [2.05, 4.69) is 15.1 Å². The molecular weight excluding hydrogens is 218 g/mol. The average molecular weight is 243 g/mol. The first-order chi connectivity index (χ1) is 8.00. The molecule has 1 heterocycles. The van der Waals surface area contributed by atoms with Gasteiger partial charge >= 0.3 is 5.97 Å². The topological polar surface area (TPSA) is 44.8 Å². The Morgan fingerprint density at radius 1 is 1.53 bits per heavy atom. The third-order valence-electron chi connectivity index (χ3n) is 3.15. The monoisotopic (exact) mass is 243 g/mol. The minimum absolute atomic E-state index is 0.108. The number of carbonyl (C=O) groups is 1. The second-order valence-electron chi connectivity index (χ2n) is 5.02. The fraction of sp³-hybridized carbons (Fsp3) is 0.917. The van der Waals surface area contributed by atoms with Gasteiger partial charge in [-0.2, -0.15) is 0 Å². The number of hydrogen-bond donors (Lipinski definition) is 1. The smallest absolute Gasteiger partial charge is 0.327 e. The van der Waals surface area contributed by atoms with Crippen LogP contribution < -0.4 is 5.32 Å². The maximum absolute atomic E-state index is 12.1. The van der Waals surface area contributed by atoms with Crippen molar-refractivity contribution in [1.29, 1.82) is 0 Å². The van der Waals surface area contributed by atoms with Crippen molar-refractivity contribution in [3.8, 4) is 0 Å². The van der Waals surface area contributed by atoms with E-state index in [0.717, 1.165) is 32.6 Å². The van der Waals surface area contributed by atoms with Crippen molar-refractivity contribution < 1.29 is 9.53 Å². The molecule has 1 N–H and O–H groups in total.